The summed E-state index contributed by atoms with van der Waals surface area (Å²) in [5.41, 5.74) is 10.8. The summed E-state index contributed by atoms with van der Waals surface area (Å²) in [5, 5.41) is 9.21. The first kappa shape index (κ1) is 56.0. The van der Waals surface area contributed by atoms with Crippen molar-refractivity contribution in [3.63, 3.8) is 0 Å². The molecule has 3 saturated heterocycles. The average Bonchev–Trinajstić information content (AvgIpc) is 4.00. The summed E-state index contributed by atoms with van der Waals surface area (Å²) in [6, 6.07) is 17.3. The highest BCUT2D eigenvalue weighted by atomic mass is 16.5. The third kappa shape index (κ3) is 15.8. The Kier molecular flexibility index (Phi) is 21.3. The fourth-order valence-corrected chi connectivity index (χ4v) is 9.24. The monoisotopic (exact) mass is 975 g/mol. The fraction of sp³-hybridized carbons (Fsp3) is 0.536. The van der Waals surface area contributed by atoms with Crippen molar-refractivity contribution >= 4 is 41.4 Å². The standard InChI is InChI=1S/C41H52N4O6.C10H14N2O.C5H12N2/c1-10-45-36-17-16-31(30-14-11-13-29(19-30)20-32(23-46)43-40(49)38(26(2)3)44(8)25-47)21-34(36)35(22-41(6,7)24-51-28(5)48)39(45)33-15-12-18-42-37(33)27(4)50-9;13-10(12-7-1-2-8-12)4-3-9-5-6-11-9;1-7-5-3-2-4-6-7/h11-19,21,23,25-27,32,38H,10,20,22,24H2,1-9H3,(H,43,49);9,11H,1-2,5-8H2;6H,2-5H2,1H3. The van der Waals surface area contributed by atoms with Crippen molar-refractivity contribution in [2.75, 3.05) is 60.5 Å². The fourth-order valence-electron chi connectivity index (χ4n) is 9.24. The van der Waals surface area contributed by atoms with Crippen molar-refractivity contribution in [1.29, 1.82) is 0 Å². The van der Waals surface area contributed by atoms with Crippen LogP contribution in [-0.2, 0) is 52.8 Å². The zero-order valence-electron chi connectivity index (χ0n) is 43.8. The van der Waals surface area contributed by atoms with Gasteiger partial charge in [0.1, 0.15) is 12.3 Å². The SMILES string of the molecule is CCn1c(-c2cccnc2C(C)OC)c(CC(C)(C)COC(C)=O)c2cc(-c3cccc(CC(C=O)NC(=O)C(C(C)C)N(C)C=O)c3)ccc21.CN1CCCCN1.O=C(C#CC1CCN1)N1CCCC1. The molecule has 3 amide bonds. The highest BCUT2D eigenvalue weighted by Crippen LogP contribution is 2.42. The Labute approximate surface area is 421 Å². The van der Waals surface area contributed by atoms with Crippen LogP contribution in [0.3, 0.4) is 0 Å². The minimum absolute atomic E-state index is 0.00574. The van der Waals surface area contributed by atoms with E-state index < -0.39 is 12.1 Å². The van der Waals surface area contributed by atoms with Gasteiger partial charge in [-0.05, 0) is 124 Å². The van der Waals surface area contributed by atoms with Gasteiger partial charge in [0.25, 0.3) is 5.91 Å². The molecule has 5 heterocycles. The van der Waals surface area contributed by atoms with E-state index in [1.807, 2.05) is 56.0 Å². The van der Waals surface area contributed by atoms with Crippen LogP contribution in [0, 0.1) is 23.2 Å². The number of rotatable bonds is 17. The van der Waals surface area contributed by atoms with Crippen molar-refractivity contribution in [2.45, 2.75) is 124 Å². The summed E-state index contributed by atoms with van der Waals surface area (Å²) < 4.78 is 13.6. The second kappa shape index (κ2) is 27.1. The highest BCUT2D eigenvalue weighted by Gasteiger charge is 2.30. The molecule has 4 unspecified atom stereocenters. The second-order valence-electron chi connectivity index (χ2n) is 20.0. The van der Waals surface area contributed by atoms with Gasteiger partial charge in [0.2, 0.25) is 12.3 Å². The summed E-state index contributed by atoms with van der Waals surface area (Å²) in [7, 11) is 5.33. The number of pyridine rings is 1. The minimum atomic E-state index is -0.757. The molecule has 71 heavy (non-hydrogen) atoms. The highest BCUT2D eigenvalue weighted by molar-refractivity contribution is 5.96. The van der Waals surface area contributed by atoms with Crippen LogP contribution in [-0.4, -0.2) is 134 Å². The van der Waals surface area contributed by atoms with Gasteiger partial charge in [-0.15, -0.1) is 0 Å². The van der Waals surface area contributed by atoms with Gasteiger partial charge in [-0.3, -0.25) is 29.6 Å². The lowest BCUT2D eigenvalue weighted by molar-refractivity contribution is -0.144. The number of esters is 1. The predicted octanol–water partition coefficient (Wildman–Crippen LogP) is 6.76. The number of ether oxygens (including phenoxy) is 2. The van der Waals surface area contributed by atoms with Gasteiger partial charge in [0.05, 0.1) is 36.2 Å². The summed E-state index contributed by atoms with van der Waals surface area (Å²) >= 11 is 0. The van der Waals surface area contributed by atoms with Crippen LogP contribution in [0.2, 0.25) is 0 Å². The first-order chi connectivity index (χ1) is 34.0. The number of aromatic nitrogens is 2. The van der Waals surface area contributed by atoms with E-state index in [2.05, 4.69) is 89.6 Å². The number of nitrogens with zero attached hydrogens (tertiary/aromatic N) is 5. The van der Waals surface area contributed by atoms with Gasteiger partial charge in [0, 0.05) is 88.9 Å². The predicted molar refractivity (Wildman–Crippen MR) is 280 cm³/mol. The number of carbonyl (C=O) groups is 5. The number of likely N-dealkylation sites (tertiary alicyclic amines) is 1. The van der Waals surface area contributed by atoms with Crippen LogP contribution in [0.25, 0.3) is 33.3 Å². The number of hydrogen-bond acceptors (Lipinski definition) is 11. The smallest absolute Gasteiger partial charge is 0.302 e. The number of hydrogen-bond donors (Lipinski definition) is 3. The number of nitrogens with one attached hydrogen (secondary N) is 3. The number of hydrazine groups is 1. The largest absolute Gasteiger partial charge is 0.465 e. The Morgan fingerprint density at radius 2 is 1.70 bits per heavy atom. The van der Waals surface area contributed by atoms with Gasteiger partial charge in [-0.2, -0.15) is 0 Å². The van der Waals surface area contributed by atoms with Crippen LogP contribution in [0.1, 0.15) is 103 Å². The number of aryl methyl sites for hydroxylation is 1. The maximum absolute atomic E-state index is 13.1. The average molecular weight is 975 g/mol. The van der Waals surface area contributed by atoms with Crippen molar-refractivity contribution in [3.8, 4) is 34.2 Å². The number of aldehydes is 1. The lowest BCUT2D eigenvalue weighted by Crippen LogP contribution is -2.51. The molecule has 3 fully saturated rings. The second-order valence-corrected chi connectivity index (χ2v) is 20.0. The Morgan fingerprint density at radius 3 is 2.28 bits per heavy atom. The Balaban J connectivity index is 0.000000381. The first-order valence-corrected chi connectivity index (χ1v) is 25.3. The molecule has 4 atom stereocenters. The van der Waals surface area contributed by atoms with Crippen molar-refractivity contribution in [1.82, 2.24) is 40.4 Å². The van der Waals surface area contributed by atoms with Crippen LogP contribution in [0.4, 0.5) is 0 Å². The number of benzene rings is 2. The first-order valence-electron chi connectivity index (χ1n) is 25.3. The molecule has 3 aliphatic heterocycles. The topological polar surface area (TPSA) is 167 Å². The maximum Gasteiger partial charge on any atom is 0.302 e. The van der Waals surface area contributed by atoms with Crippen LogP contribution in [0.5, 0.6) is 0 Å². The lowest BCUT2D eigenvalue weighted by Gasteiger charge is -2.28. The molecule has 2 aromatic carbocycles. The molecule has 384 valence electrons. The van der Waals surface area contributed by atoms with E-state index >= 15 is 0 Å². The summed E-state index contributed by atoms with van der Waals surface area (Å²) in [5.74, 6) is 4.85. The van der Waals surface area contributed by atoms with Crippen molar-refractivity contribution in [3.05, 3.63) is 77.6 Å². The number of methoxy groups -OCH3 is 1. The molecular formula is C56H78N8O7. The van der Waals surface area contributed by atoms with Gasteiger partial charge < -0.3 is 39.3 Å². The number of fused-ring (bicyclic) bond motifs is 1. The molecule has 0 aliphatic carbocycles. The van der Waals surface area contributed by atoms with E-state index in [4.69, 9.17) is 14.5 Å². The molecule has 4 aromatic rings. The summed E-state index contributed by atoms with van der Waals surface area (Å²) in [6.45, 7) is 19.7. The van der Waals surface area contributed by atoms with E-state index in [1.165, 1.54) is 31.2 Å². The van der Waals surface area contributed by atoms with Gasteiger partial charge in [-0.1, -0.05) is 63.9 Å². The number of carbonyl (C=O) groups excluding carboxylic acids is 5. The Bertz CT molecular complexity index is 2480. The Hall–Kier alpha value is -5.92. The van der Waals surface area contributed by atoms with E-state index in [0.717, 1.165) is 108 Å². The molecule has 3 aliphatic rings. The molecular weight excluding hydrogens is 897 g/mol. The lowest BCUT2D eigenvalue weighted by atomic mass is 9.84. The molecule has 2 aromatic heterocycles. The normalized spacial score (nSPS) is 16.9. The zero-order valence-corrected chi connectivity index (χ0v) is 43.8. The number of amides is 3. The van der Waals surface area contributed by atoms with Crippen LogP contribution < -0.4 is 16.1 Å². The van der Waals surface area contributed by atoms with E-state index in [0.29, 0.717) is 19.3 Å². The van der Waals surface area contributed by atoms with Crippen LogP contribution >= 0.6 is 0 Å². The Morgan fingerprint density at radius 1 is 0.986 bits per heavy atom. The minimum Gasteiger partial charge on any atom is -0.465 e. The molecule has 0 bridgehead atoms. The van der Waals surface area contributed by atoms with Crippen molar-refractivity contribution < 1.29 is 33.4 Å². The van der Waals surface area contributed by atoms with Crippen LogP contribution in [0.15, 0.2) is 60.8 Å². The van der Waals surface area contributed by atoms with Gasteiger partial charge in [-0.25, -0.2) is 5.01 Å². The molecule has 0 radical (unpaired) electrons. The van der Waals surface area contributed by atoms with E-state index in [1.54, 1.807) is 20.4 Å². The number of likely N-dealkylation sites (N-methyl/N-ethyl adjacent to an activating group) is 1. The van der Waals surface area contributed by atoms with E-state index in [-0.39, 0.29) is 47.9 Å². The molecule has 7 rings (SSSR count). The summed E-state index contributed by atoms with van der Waals surface area (Å²) in [6.07, 6.45) is 9.90. The molecule has 15 nitrogen and oxygen atoms in total. The molecule has 0 saturated carbocycles. The van der Waals surface area contributed by atoms with Gasteiger partial charge in [0.15, 0.2) is 0 Å². The zero-order chi connectivity index (χ0) is 51.7. The van der Waals surface area contributed by atoms with Gasteiger partial charge >= 0.3 is 5.97 Å². The van der Waals surface area contributed by atoms with E-state index in [9.17, 15) is 24.0 Å². The third-order valence-corrected chi connectivity index (χ3v) is 13.2. The summed E-state index contributed by atoms with van der Waals surface area (Å²) in [4.78, 5) is 67.8. The molecule has 0 spiro atoms. The molecule has 3 N–H and O–H groups in total. The van der Waals surface area contributed by atoms with Crippen molar-refractivity contribution in [2.24, 2.45) is 11.3 Å². The third-order valence-electron chi connectivity index (χ3n) is 13.2. The quantitative estimate of drug-likeness (QED) is 0.0582. The maximum atomic E-state index is 13.1. The molecule has 15 heteroatoms.